The van der Waals surface area contributed by atoms with E-state index in [9.17, 15) is 4.79 Å². The number of nitrogens with zero attached hydrogens (tertiary/aromatic N) is 1. The number of hydrogen-bond donors (Lipinski definition) is 2. The fraction of sp³-hybridized carbons (Fsp3) is 0.600. The standard InChI is InChI=1S/C15H23ClN2O3/c1-9(6-15(4,5)18-14(19)20)8-21-13-11(3)10(2)12(16)7-17-13/h7,9,18H,6,8H2,1-5H3,(H,19,20). The van der Waals surface area contributed by atoms with Gasteiger partial charge < -0.3 is 15.2 Å². The minimum atomic E-state index is -1.01. The third-order valence-corrected chi connectivity index (χ3v) is 3.73. The van der Waals surface area contributed by atoms with Gasteiger partial charge in [-0.1, -0.05) is 18.5 Å². The Morgan fingerprint density at radius 2 is 2.10 bits per heavy atom. The van der Waals surface area contributed by atoms with E-state index in [1.807, 2.05) is 34.6 Å². The average Bonchev–Trinajstić information content (AvgIpc) is 2.32. The van der Waals surface area contributed by atoms with Crippen molar-refractivity contribution in [2.45, 2.75) is 46.6 Å². The number of amides is 1. The summed E-state index contributed by atoms with van der Waals surface area (Å²) in [6, 6.07) is 0. The number of rotatable bonds is 6. The molecule has 0 aliphatic heterocycles. The predicted octanol–water partition coefficient (Wildman–Crippen LogP) is 3.80. The topological polar surface area (TPSA) is 71.5 Å². The van der Waals surface area contributed by atoms with E-state index in [2.05, 4.69) is 10.3 Å². The highest BCUT2D eigenvalue weighted by atomic mass is 35.5. The maximum atomic E-state index is 10.7. The molecule has 0 aliphatic rings. The van der Waals surface area contributed by atoms with Gasteiger partial charge in [0, 0.05) is 17.3 Å². The summed E-state index contributed by atoms with van der Waals surface area (Å²) in [5, 5.41) is 11.9. The molecule has 1 heterocycles. The van der Waals surface area contributed by atoms with Gasteiger partial charge in [-0.25, -0.2) is 9.78 Å². The highest BCUT2D eigenvalue weighted by Gasteiger charge is 2.23. The number of hydrogen-bond acceptors (Lipinski definition) is 3. The van der Waals surface area contributed by atoms with Crippen LogP contribution in [-0.4, -0.2) is 28.3 Å². The molecule has 0 spiro atoms. The lowest BCUT2D eigenvalue weighted by atomic mass is 9.92. The Kier molecular flexibility index (Phi) is 5.84. The monoisotopic (exact) mass is 314 g/mol. The van der Waals surface area contributed by atoms with Gasteiger partial charge in [0.05, 0.1) is 11.6 Å². The van der Waals surface area contributed by atoms with Gasteiger partial charge in [-0.05, 0) is 45.6 Å². The second kappa shape index (κ2) is 6.98. The van der Waals surface area contributed by atoms with Crippen LogP contribution in [0.25, 0.3) is 0 Å². The summed E-state index contributed by atoms with van der Waals surface area (Å²) < 4.78 is 5.74. The van der Waals surface area contributed by atoms with Gasteiger partial charge in [-0.15, -0.1) is 0 Å². The lowest BCUT2D eigenvalue weighted by molar-refractivity contribution is 0.168. The van der Waals surface area contributed by atoms with Crippen LogP contribution in [0.4, 0.5) is 4.79 Å². The minimum Gasteiger partial charge on any atom is -0.477 e. The van der Waals surface area contributed by atoms with Crippen LogP contribution in [0.1, 0.15) is 38.3 Å². The quantitative estimate of drug-likeness (QED) is 0.837. The number of aromatic nitrogens is 1. The van der Waals surface area contributed by atoms with Gasteiger partial charge in [-0.3, -0.25) is 0 Å². The smallest absolute Gasteiger partial charge is 0.405 e. The Morgan fingerprint density at radius 1 is 1.48 bits per heavy atom. The van der Waals surface area contributed by atoms with Gasteiger partial charge >= 0.3 is 6.09 Å². The van der Waals surface area contributed by atoms with Crippen LogP contribution in [0.15, 0.2) is 6.20 Å². The molecule has 0 bridgehead atoms. The van der Waals surface area contributed by atoms with E-state index in [0.29, 0.717) is 23.9 Å². The van der Waals surface area contributed by atoms with Crippen molar-refractivity contribution < 1.29 is 14.6 Å². The molecule has 5 nitrogen and oxygen atoms in total. The molecule has 0 saturated carbocycles. The molecule has 1 rings (SSSR count). The van der Waals surface area contributed by atoms with Crippen LogP contribution in [0.2, 0.25) is 5.02 Å². The first-order valence-electron chi connectivity index (χ1n) is 6.88. The zero-order valence-corrected chi connectivity index (χ0v) is 13.9. The third-order valence-electron chi connectivity index (χ3n) is 3.35. The first-order chi connectivity index (χ1) is 9.62. The van der Waals surface area contributed by atoms with Crippen LogP contribution >= 0.6 is 11.6 Å². The van der Waals surface area contributed by atoms with E-state index < -0.39 is 11.6 Å². The first kappa shape index (κ1) is 17.6. The lowest BCUT2D eigenvalue weighted by Gasteiger charge is -2.28. The Bertz CT molecular complexity index is 518. The summed E-state index contributed by atoms with van der Waals surface area (Å²) in [4.78, 5) is 14.9. The summed E-state index contributed by atoms with van der Waals surface area (Å²) in [5.74, 6) is 0.761. The molecule has 1 aromatic heterocycles. The number of halogens is 1. The zero-order valence-electron chi connectivity index (χ0n) is 13.2. The molecular weight excluding hydrogens is 292 g/mol. The van der Waals surface area contributed by atoms with E-state index in [4.69, 9.17) is 21.4 Å². The van der Waals surface area contributed by atoms with Gasteiger partial charge in [0.25, 0.3) is 0 Å². The average molecular weight is 315 g/mol. The third kappa shape index (κ3) is 5.42. The highest BCUT2D eigenvalue weighted by Crippen LogP contribution is 2.25. The molecule has 1 atom stereocenters. The van der Waals surface area contributed by atoms with Crippen molar-refractivity contribution in [1.29, 1.82) is 0 Å². The lowest BCUT2D eigenvalue weighted by Crippen LogP contribution is -2.44. The van der Waals surface area contributed by atoms with E-state index in [-0.39, 0.29) is 5.92 Å². The molecule has 1 amide bonds. The van der Waals surface area contributed by atoms with Gasteiger partial charge in [0.2, 0.25) is 5.88 Å². The second-order valence-electron chi connectivity index (χ2n) is 6.10. The van der Waals surface area contributed by atoms with E-state index in [1.54, 1.807) is 6.20 Å². The molecule has 0 aromatic carbocycles. The normalized spacial score (nSPS) is 12.9. The Balaban J connectivity index is 2.59. The molecule has 0 radical (unpaired) electrons. The van der Waals surface area contributed by atoms with Crippen LogP contribution in [-0.2, 0) is 0 Å². The molecule has 6 heteroatoms. The summed E-state index contributed by atoms with van der Waals surface area (Å²) in [7, 11) is 0. The summed E-state index contributed by atoms with van der Waals surface area (Å²) >= 11 is 6.00. The highest BCUT2D eigenvalue weighted by molar-refractivity contribution is 6.31. The Labute approximate surface area is 130 Å². The van der Waals surface area contributed by atoms with Crippen molar-refractivity contribution in [3.05, 3.63) is 22.3 Å². The van der Waals surface area contributed by atoms with Crippen LogP contribution in [0.3, 0.4) is 0 Å². The number of pyridine rings is 1. The van der Waals surface area contributed by atoms with E-state index >= 15 is 0 Å². The maximum Gasteiger partial charge on any atom is 0.405 e. The molecule has 118 valence electrons. The van der Waals surface area contributed by atoms with Crippen molar-refractivity contribution in [3.63, 3.8) is 0 Å². The molecule has 2 N–H and O–H groups in total. The molecular formula is C15H23ClN2O3. The fourth-order valence-corrected chi connectivity index (χ4v) is 2.48. The molecule has 0 fully saturated rings. The summed E-state index contributed by atoms with van der Waals surface area (Å²) in [5.41, 5.74) is 1.40. The van der Waals surface area contributed by atoms with Gasteiger partial charge in [-0.2, -0.15) is 0 Å². The number of nitrogens with one attached hydrogen (secondary N) is 1. The van der Waals surface area contributed by atoms with Gasteiger partial charge in [0.15, 0.2) is 0 Å². The summed E-state index contributed by atoms with van der Waals surface area (Å²) in [6.07, 6.45) is 1.24. The molecule has 0 saturated heterocycles. The largest absolute Gasteiger partial charge is 0.477 e. The van der Waals surface area contributed by atoms with Crippen molar-refractivity contribution in [2.75, 3.05) is 6.61 Å². The molecule has 1 unspecified atom stereocenters. The Hall–Kier alpha value is -1.49. The predicted molar refractivity (Wildman–Crippen MR) is 83.2 cm³/mol. The van der Waals surface area contributed by atoms with Crippen molar-refractivity contribution in [1.82, 2.24) is 10.3 Å². The number of carbonyl (C=O) groups is 1. The zero-order chi connectivity index (χ0) is 16.2. The second-order valence-corrected chi connectivity index (χ2v) is 6.50. The van der Waals surface area contributed by atoms with E-state index in [0.717, 1.165) is 11.1 Å². The number of ether oxygens (including phenoxy) is 1. The van der Waals surface area contributed by atoms with Crippen molar-refractivity contribution in [3.8, 4) is 5.88 Å². The Morgan fingerprint density at radius 3 is 2.67 bits per heavy atom. The van der Waals surface area contributed by atoms with Crippen LogP contribution in [0.5, 0.6) is 5.88 Å². The van der Waals surface area contributed by atoms with Crippen LogP contribution in [0, 0.1) is 19.8 Å². The minimum absolute atomic E-state index is 0.184. The first-order valence-corrected chi connectivity index (χ1v) is 7.26. The molecule has 0 aliphatic carbocycles. The SMILES string of the molecule is Cc1c(Cl)cnc(OCC(C)CC(C)(C)NC(=O)O)c1C. The summed E-state index contributed by atoms with van der Waals surface area (Å²) in [6.45, 7) is 10.0. The molecule has 1 aromatic rings. The maximum absolute atomic E-state index is 10.7. The van der Waals surface area contributed by atoms with E-state index in [1.165, 1.54) is 0 Å². The molecule has 21 heavy (non-hydrogen) atoms. The number of carboxylic acid groups (broad SMARTS) is 1. The van der Waals surface area contributed by atoms with Crippen LogP contribution < -0.4 is 10.1 Å². The fourth-order valence-electron chi connectivity index (χ4n) is 2.29. The van der Waals surface area contributed by atoms with Crippen molar-refractivity contribution >= 4 is 17.7 Å². The van der Waals surface area contributed by atoms with Gasteiger partial charge in [0.1, 0.15) is 0 Å². The van der Waals surface area contributed by atoms with Crippen molar-refractivity contribution in [2.24, 2.45) is 5.92 Å².